The molecule has 2 rings (SSSR count). The first-order valence-corrected chi connectivity index (χ1v) is 5.88. The fourth-order valence-corrected chi connectivity index (χ4v) is 1.54. The molecule has 0 aromatic heterocycles. The minimum Gasteiger partial charge on any atom is -0.389 e. The molecule has 0 saturated heterocycles. The van der Waals surface area contributed by atoms with E-state index in [0.717, 1.165) is 5.56 Å². The molecule has 0 bridgehead atoms. The molecule has 1 aromatic carbocycles. The highest BCUT2D eigenvalue weighted by atomic mass is 16.5. The average molecular weight is 221 g/mol. The molecule has 0 radical (unpaired) electrons. The van der Waals surface area contributed by atoms with Crippen LogP contribution in [0.1, 0.15) is 18.4 Å². The van der Waals surface area contributed by atoms with Gasteiger partial charge in [-0.1, -0.05) is 30.3 Å². The van der Waals surface area contributed by atoms with Crippen molar-refractivity contribution in [3.63, 3.8) is 0 Å². The summed E-state index contributed by atoms with van der Waals surface area (Å²) in [5.74, 6) is 0. The summed E-state index contributed by atoms with van der Waals surface area (Å²) in [4.78, 5) is 0. The standard InChI is InChI=1S/C13H19NO2/c15-13(8-14-12-6-7-12)10-16-9-11-4-2-1-3-5-11/h1-5,12-15H,6-10H2. The molecule has 1 atom stereocenters. The molecule has 3 nitrogen and oxygen atoms in total. The molecule has 0 amide bonds. The summed E-state index contributed by atoms with van der Waals surface area (Å²) in [7, 11) is 0. The Kier molecular flexibility index (Phi) is 4.34. The topological polar surface area (TPSA) is 41.5 Å². The Labute approximate surface area is 96.4 Å². The molecular formula is C13H19NO2. The Bertz CT molecular complexity index is 298. The predicted molar refractivity (Wildman–Crippen MR) is 63.1 cm³/mol. The third kappa shape index (κ3) is 4.31. The fraction of sp³-hybridized carbons (Fsp3) is 0.538. The summed E-state index contributed by atoms with van der Waals surface area (Å²) >= 11 is 0. The molecule has 0 spiro atoms. The second kappa shape index (κ2) is 5.99. The van der Waals surface area contributed by atoms with Crippen LogP contribution in [0.15, 0.2) is 30.3 Å². The Balaban J connectivity index is 1.56. The molecule has 3 heteroatoms. The second-order valence-corrected chi connectivity index (χ2v) is 4.34. The molecule has 16 heavy (non-hydrogen) atoms. The van der Waals surface area contributed by atoms with Crippen molar-refractivity contribution < 1.29 is 9.84 Å². The zero-order valence-electron chi connectivity index (χ0n) is 9.43. The monoisotopic (exact) mass is 221 g/mol. The summed E-state index contributed by atoms with van der Waals surface area (Å²) in [6.45, 7) is 1.61. The maximum Gasteiger partial charge on any atom is 0.0897 e. The molecule has 0 aliphatic heterocycles. The third-order valence-corrected chi connectivity index (χ3v) is 2.64. The van der Waals surface area contributed by atoms with Gasteiger partial charge in [-0.25, -0.2) is 0 Å². The zero-order chi connectivity index (χ0) is 11.2. The van der Waals surface area contributed by atoms with Crippen LogP contribution in [0.3, 0.4) is 0 Å². The van der Waals surface area contributed by atoms with Crippen LogP contribution in [0.25, 0.3) is 0 Å². The van der Waals surface area contributed by atoms with Gasteiger partial charge in [-0.3, -0.25) is 0 Å². The van der Waals surface area contributed by atoms with Crippen molar-refractivity contribution in [2.75, 3.05) is 13.2 Å². The minimum absolute atomic E-state index is 0.397. The average Bonchev–Trinajstić information content (AvgIpc) is 3.12. The van der Waals surface area contributed by atoms with E-state index >= 15 is 0 Å². The van der Waals surface area contributed by atoms with Gasteiger partial charge in [-0.15, -0.1) is 0 Å². The molecule has 1 unspecified atom stereocenters. The Morgan fingerprint density at radius 1 is 1.31 bits per heavy atom. The lowest BCUT2D eigenvalue weighted by Gasteiger charge is -2.11. The highest BCUT2D eigenvalue weighted by molar-refractivity contribution is 5.13. The van der Waals surface area contributed by atoms with Crippen molar-refractivity contribution in [3.8, 4) is 0 Å². The van der Waals surface area contributed by atoms with Crippen LogP contribution in [-0.4, -0.2) is 30.4 Å². The number of rotatable bonds is 7. The molecule has 1 aliphatic rings. The van der Waals surface area contributed by atoms with E-state index in [-0.39, 0.29) is 0 Å². The van der Waals surface area contributed by atoms with E-state index in [1.54, 1.807) is 0 Å². The van der Waals surface area contributed by atoms with E-state index in [9.17, 15) is 5.11 Å². The van der Waals surface area contributed by atoms with Crippen LogP contribution in [-0.2, 0) is 11.3 Å². The van der Waals surface area contributed by atoms with Crippen LogP contribution < -0.4 is 5.32 Å². The smallest absolute Gasteiger partial charge is 0.0897 e. The maximum atomic E-state index is 9.62. The first kappa shape index (κ1) is 11.6. The van der Waals surface area contributed by atoms with E-state index in [1.165, 1.54) is 12.8 Å². The Morgan fingerprint density at radius 2 is 2.06 bits per heavy atom. The van der Waals surface area contributed by atoms with Gasteiger partial charge in [0.15, 0.2) is 0 Å². The Morgan fingerprint density at radius 3 is 2.75 bits per heavy atom. The van der Waals surface area contributed by atoms with Gasteiger partial charge in [0.05, 0.1) is 19.3 Å². The lowest BCUT2D eigenvalue weighted by molar-refractivity contribution is 0.0287. The largest absolute Gasteiger partial charge is 0.389 e. The van der Waals surface area contributed by atoms with Gasteiger partial charge in [0.1, 0.15) is 0 Å². The lowest BCUT2D eigenvalue weighted by Crippen LogP contribution is -2.31. The van der Waals surface area contributed by atoms with E-state index in [1.807, 2.05) is 30.3 Å². The van der Waals surface area contributed by atoms with E-state index in [0.29, 0.717) is 25.8 Å². The molecule has 88 valence electrons. The summed E-state index contributed by atoms with van der Waals surface area (Å²) in [5, 5.41) is 12.9. The van der Waals surface area contributed by atoms with Crippen LogP contribution in [0.2, 0.25) is 0 Å². The van der Waals surface area contributed by atoms with Crippen LogP contribution in [0, 0.1) is 0 Å². The van der Waals surface area contributed by atoms with E-state index in [2.05, 4.69) is 5.32 Å². The normalized spacial score (nSPS) is 17.3. The van der Waals surface area contributed by atoms with Crippen molar-refractivity contribution in [2.24, 2.45) is 0 Å². The number of hydrogen-bond acceptors (Lipinski definition) is 3. The van der Waals surface area contributed by atoms with Crippen molar-refractivity contribution in [1.29, 1.82) is 0 Å². The molecule has 1 aromatic rings. The van der Waals surface area contributed by atoms with Crippen molar-refractivity contribution >= 4 is 0 Å². The first-order valence-electron chi connectivity index (χ1n) is 5.88. The van der Waals surface area contributed by atoms with Crippen LogP contribution >= 0.6 is 0 Å². The van der Waals surface area contributed by atoms with Crippen molar-refractivity contribution in [2.45, 2.75) is 31.6 Å². The second-order valence-electron chi connectivity index (χ2n) is 4.34. The van der Waals surface area contributed by atoms with Gasteiger partial charge in [-0.05, 0) is 18.4 Å². The maximum absolute atomic E-state index is 9.62. The predicted octanol–water partition coefficient (Wildman–Crippen LogP) is 1.32. The molecule has 2 N–H and O–H groups in total. The molecular weight excluding hydrogens is 202 g/mol. The summed E-state index contributed by atoms with van der Waals surface area (Å²) in [6, 6.07) is 10.7. The van der Waals surface area contributed by atoms with Gasteiger partial charge < -0.3 is 15.2 Å². The summed E-state index contributed by atoms with van der Waals surface area (Å²) in [5.41, 5.74) is 1.14. The van der Waals surface area contributed by atoms with Crippen molar-refractivity contribution in [3.05, 3.63) is 35.9 Å². The summed E-state index contributed by atoms with van der Waals surface area (Å²) < 4.78 is 5.44. The van der Waals surface area contributed by atoms with Gasteiger partial charge in [-0.2, -0.15) is 0 Å². The first-order chi connectivity index (χ1) is 7.84. The fourth-order valence-electron chi connectivity index (χ4n) is 1.54. The quantitative estimate of drug-likeness (QED) is 0.729. The minimum atomic E-state index is -0.399. The van der Waals surface area contributed by atoms with Crippen molar-refractivity contribution in [1.82, 2.24) is 5.32 Å². The van der Waals surface area contributed by atoms with Crippen LogP contribution in [0.5, 0.6) is 0 Å². The Hall–Kier alpha value is -0.900. The number of aliphatic hydroxyl groups is 1. The number of ether oxygens (including phenoxy) is 1. The lowest BCUT2D eigenvalue weighted by atomic mass is 10.2. The molecule has 1 fully saturated rings. The zero-order valence-corrected chi connectivity index (χ0v) is 9.43. The SMILES string of the molecule is OC(CNC1CC1)COCc1ccccc1. The van der Waals surface area contributed by atoms with E-state index in [4.69, 9.17) is 4.74 Å². The highest BCUT2D eigenvalue weighted by Crippen LogP contribution is 2.18. The van der Waals surface area contributed by atoms with Gasteiger partial charge in [0, 0.05) is 12.6 Å². The van der Waals surface area contributed by atoms with E-state index < -0.39 is 6.10 Å². The van der Waals surface area contributed by atoms with Gasteiger partial charge in [0.2, 0.25) is 0 Å². The molecule has 1 aliphatic carbocycles. The summed E-state index contributed by atoms with van der Waals surface area (Å²) in [6.07, 6.45) is 2.10. The number of benzene rings is 1. The third-order valence-electron chi connectivity index (χ3n) is 2.64. The molecule has 1 saturated carbocycles. The number of hydrogen-bond donors (Lipinski definition) is 2. The van der Waals surface area contributed by atoms with Gasteiger partial charge in [0.25, 0.3) is 0 Å². The number of nitrogens with one attached hydrogen (secondary N) is 1. The van der Waals surface area contributed by atoms with Gasteiger partial charge >= 0.3 is 0 Å². The highest BCUT2D eigenvalue weighted by Gasteiger charge is 2.21. The van der Waals surface area contributed by atoms with Crippen LogP contribution in [0.4, 0.5) is 0 Å². The molecule has 0 heterocycles. The number of aliphatic hydroxyl groups excluding tert-OH is 1.